The number of carbonyl (C=O) groups is 2. The number of amides is 2. The molecule has 2 aromatic carbocycles. The van der Waals surface area contributed by atoms with Crippen molar-refractivity contribution in [1.82, 2.24) is 25.1 Å². The van der Waals surface area contributed by atoms with Crippen molar-refractivity contribution in [3.8, 4) is 11.4 Å². The van der Waals surface area contributed by atoms with Gasteiger partial charge < -0.3 is 15.2 Å². The molecular weight excluding hydrogens is 448 g/mol. The summed E-state index contributed by atoms with van der Waals surface area (Å²) in [6, 6.07) is 18.6. The second-order valence-electron chi connectivity index (χ2n) is 7.65. The summed E-state index contributed by atoms with van der Waals surface area (Å²) in [5.41, 5.74) is 3.94. The Morgan fingerprint density at radius 3 is 2.47 bits per heavy atom. The van der Waals surface area contributed by atoms with Crippen molar-refractivity contribution in [3.63, 3.8) is 0 Å². The summed E-state index contributed by atoms with van der Waals surface area (Å²) in [7, 11) is 1.85. The topological polar surface area (TPSA) is 102 Å². The molecular formula is C25H24N6O2S. The molecule has 0 saturated carbocycles. The van der Waals surface area contributed by atoms with Gasteiger partial charge in [-0.1, -0.05) is 53.7 Å². The van der Waals surface area contributed by atoms with Crippen molar-refractivity contribution >= 4 is 29.3 Å². The number of benzene rings is 2. The van der Waals surface area contributed by atoms with Gasteiger partial charge >= 0.3 is 0 Å². The molecule has 4 aromatic rings. The van der Waals surface area contributed by atoms with Gasteiger partial charge in [-0.05, 0) is 36.8 Å². The van der Waals surface area contributed by atoms with E-state index in [-0.39, 0.29) is 17.6 Å². The predicted octanol–water partition coefficient (Wildman–Crippen LogP) is 3.85. The normalized spacial score (nSPS) is 10.6. The van der Waals surface area contributed by atoms with Crippen LogP contribution < -0.4 is 10.6 Å². The summed E-state index contributed by atoms with van der Waals surface area (Å²) in [6.45, 7) is 2.42. The van der Waals surface area contributed by atoms with Crippen LogP contribution in [0.2, 0.25) is 0 Å². The minimum Gasteiger partial charge on any atom is -0.348 e. The lowest BCUT2D eigenvalue weighted by Gasteiger charge is -2.11. The van der Waals surface area contributed by atoms with Gasteiger partial charge in [0.05, 0.1) is 17.0 Å². The van der Waals surface area contributed by atoms with Crippen molar-refractivity contribution in [2.45, 2.75) is 18.6 Å². The van der Waals surface area contributed by atoms with Crippen LogP contribution in [0, 0.1) is 6.92 Å². The summed E-state index contributed by atoms with van der Waals surface area (Å²) in [6.07, 6.45) is 3.39. The second kappa shape index (κ2) is 10.8. The maximum Gasteiger partial charge on any atom is 0.253 e. The maximum absolute atomic E-state index is 12.8. The van der Waals surface area contributed by atoms with Crippen LogP contribution in [0.5, 0.6) is 0 Å². The Labute approximate surface area is 201 Å². The zero-order valence-corrected chi connectivity index (χ0v) is 19.7. The second-order valence-corrected chi connectivity index (χ2v) is 8.59. The molecule has 0 spiro atoms. The quantitative estimate of drug-likeness (QED) is 0.378. The van der Waals surface area contributed by atoms with Gasteiger partial charge in [0.15, 0.2) is 11.0 Å². The van der Waals surface area contributed by atoms with Crippen molar-refractivity contribution in [3.05, 3.63) is 89.7 Å². The molecule has 172 valence electrons. The molecule has 8 nitrogen and oxygen atoms in total. The third-order valence-corrected chi connectivity index (χ3v) is 6.15. The molecule has 0 radical (unpaired) electrons. The monoisotopic (exact) mass is 472 g/mol. The van der Waals surface area contributed by atoms with Crippen molar-refractivity contribution in [1.29, 1.82) is 0 Å². The largest absolute Gasteiger partial charge is 0.348 e. The Hall–Kier alpha value is -3.98. The smallest absolute Gasteiger partial charge is 0.253 e. The summed E-state index contributed by atoms with van der Waals surface area (Å²) in [5, 5.41) is 14.8. The molecule has 0 bridgehead atoms. The van der Waals surface area contributed by atoms with Crippen LogP contribution in [0.3, 0.4) is 0 Å². The van der Waals surface area contributed by atoms with Gasteiger partial charge in [-0.15, -0.1) is 10.2 Å². The van der Waals surface area contributed by atoms with E-state index in [1.165, 1.54) is 11.8 Å². The predicted molar refractivity (Wildman–Crippen MR) is 132 cm³/mol. The van der Waals surface area contributed by atoms with E-state index in [0.717, 1.165) is 16.7 Å². The van der Waals surface area contributed by atoms with E-state index in [2.05, 4.69) is 25.8 Å². The highest BCUT2D eigenvalue weighted by Crippen LogP contribution is 2.23. The first-order valence-corrected chi connectivity index (χ1v) is 11.6. The number of pyridine rings is 1. The van der Waals surface area contributed by atoms with E-state index < -0.39 is 0 Å². The van der Waals surface area contributed by atoms with Gasteiger partial charge in [-0.25, -0.2) is 0 Å². The van der Waals surface area contributed by atoms with Gasteiger partial charge in [0.2, 0.25) is 5.91 Å². The first-order valence-electron chi connectivity index (χ1n) is 10.7. The summed E-state index contributed by atoms with van der Waals surface area (Å²) < 4.78 is 1.83. The van der Waals surface area contributed by atoms with Crippen LogP contribution in [0.4, 0.5) is 5.69 Å². The first-order chi connectivity index (χ1) is 16.5. The minimum atomic E-state index is -0.251. The van der Waals surface area contributed by atoms with Crippen molar-refractivity contribution in [2.24, 2.45) is 7.05 Å². The molecule has 2 aromatic heterocycles. The van der Waals surface area contributed by atoms with Crippen LogP contribution in [-0.4, -0.2) is 37.3 Å². The number of hydrogen-bond acceptors (Lipinski definition) is 6. The molecule has 2 amide bonds. The van der Waals surface area contributed by atoms with Crippen LogP contribution in [-0.2, 0) is 18.4 Å². The Bertz CT molecular complexity index is 1290. The highest BCUT2D eigenvalue weighted by Gasteiger charge is 2.16. The van der Waals surface area contributed by atoms with E-state index in [1.807, 2.05) is 54.9 Å². The lowest BCUT2D eigenvalue weighted by atomic mass is 10.1. The first kappa shape index (κ1) is 23.2. The average molecular weight is 473 g/mol. The van der Waals surface area contributed by atoms with Gasteiger partial charge in [0.25, 0.3) is 5.91 Å². The molecule has 2 heterocycles. The van der Waals surface area contributed by atoms with E-state index in [9.17, 15) is 9.59 Å². The molecule has 0 atom stereocenters. The lowest BCUT2D eigenvalue weighted by Crippen LogP contribution is -2.25. The SMILES string of the molecule is Cc1ccc(CNC(=O)c2ccccc2NC(=O)CSc2nnc(-c3ccncc3)n2C)cc1. The number of hydrogen-bond donors (Lipinski definition) is 2. The third kappa shape index (κ3) is 5.68. The molecule has 0 aliphatic carbocycles. The fourth-order valence-corrected chi connectivity index (χ4v) is 3.99. The zero-order chi connectivity index (χ0) is 23.9. The number of anilines is 1. The molecule has 0 saturated heterocycles. The van der Waals surface area contributed by atoms with E-state index in [0.29, 0.717) is 28.8 Å². The molecule has 0 unspecified atom stereocenters. The molecule has 9 heteroatoms. The van der Waals surface area contributed by atoms with Gasteiger partial charge in [0, 0.05) is 31.5 Å². The van der Waals surface area contributed by atoms with E-state index >= 15 is 0 Å². The summed E-state index contributed by atoms with van der Waals surface area (Å²) in [4.78, 5) is 29.4. The standard InChI is InChI=1S/C25H24N6O2S/c1-17-7-9-18(10-8-17)15-27-24(33)20-5-3-4-6-21(20)28-22(32)16-34-25-30-29-23(31(25)2)19-11-13-26-14-12-19/h3-14H,15-16H2,1-2H3,(H,27,33)(H,28,32). The molecule has 34 heavy (non-hydrogen) atoms. The Kier molecular flexibility index (Phi) is 7.34. The number of nitrogens with zero attached hydrogens (tertiary/aromatic N) is 4. The van der Waals surface area contributed by atoms with E-state index in [4.69, 9.17) is 0 Å². The average Bonchev–Trinajstić information content (AvgIpc) is 3.23. The minimum absolute atomic E-state index is 0.127. The lowest BCUT2D eigenvalue weighted by molar-refractivity contribution is -0.113. The number of carbonyl (C=O) groups excluding carboxylic acids is 2. The maximum atomic E-state index is 12.8. The van der Waals surface area contributed by atoms with E-state index in [1.54, 1.807) is 36.7 Å². The Morgan fingerprint density at radius 2 is 1.71 bits per heavy atom. The number of aryl methyl sites for hydroxylation is 1. The third-order valence-electron chi connectivity index (χ3n) is 5.13. The zero-order valence-electron chi connectivity index (χ0n) is 18.9. The van der Waals surface area contributed by atoms with Crippen LogP contribution in [0.1, 0.15) is 21.5 Å². The fraction of sp³-hybridized carbons (Fsp3) is 0.160. The number of nitrogens with one attached hydrogen (secondary N) is 2. The summed E-state index contributed by atoms with van der Waals surface area (Å²) >= 11 is 1.27. The van der Waals surface area contributed by atoms with Gasteiger partial charge in [-0.3, -0.25) is 14.6 Å². The molecule has 0 aliphatic rings. The molecule has 4 rings (SSSR count). The number of aromatic nitrogens is 4. The van der Waals surface area contributed by atoms with Crippen molar-refractivity contribution in [2.75, 3.05) is 11.1 Å². The molecule has 0 fully saturated rings. The van der Waals surface area contributed by atoms with Gasteiger partial charge in [0.1, 0.15) is 0 Å². The fourth-order valence-electron chi connectivity index (χ4n) is 3.28. The number of rotatable bonds is 8. The number of para-hydroxylation sites is 1. The van der Waals surface area contributed by atoms with Gasteiger partial charge in [-0.2, -0.15) is 0 Å². The Morgan fingerprint density at radius 1 is 0.971 bits per heavy atom. The molecule has 0 aliphatic heterocycles. The number of thioether (sulfide) groups is 1. The Balaban J connectivity index is 1.36. The van der Waals surface area contributed by atoms with Crippen LogP contribution >= 0.6 is 11.8 Å². The summed E-state index contributed by atoms with van der Waals surface area (Å²) in [5.74, 6) is 0.333. The molecule has 2 N–H and O–H groups in total. The van der Waals surface area contributed by atoms with Crippen LogP contribution in [0.25, 0.3) is 11.4 Å². The van der Waals surface area contributed by atoms with Crippen LogP contribution in [0.15, 0.2) is 78.2 Å². The van der Waals surface area contributed by atoms with Crippen molar-refractivity contribution < 1.29 is 9.59 Å². The highest BCUT2D eigenvalue weighted by atomic mass is 32.2. The highest BCUT2D eigenvalue weighted by molar-refractivity contribution is 7.99.